The number of anilines is 1. The Labute approximate surface area is 155 Å². The number of carbonyl (C=O) groups is 1. The van der Waals surface area contributed by atoms with Crippen LogP contribution < -0.4 is 4.90 Å². The second-order valence-corrected chi connectivity index (χ2v) is 8.01. The first kappa shape index (κ1) is 18.5. The van der Waals surface area contributed by atoms with Gasteiger partial charge >= 0.3 is 5.97 Å². The van der Waals surface area contributed by atoms with E-state index in [4.69, 9.17) is 0 Å². The number of carboxylic acids is 1. The van der Waals surface area contributed by atoms with Crippen molar-refractivity contribution in [1.29, 1.82) is 0 Å². The molecule has 26 heavy (non-hydrogen) atoms. The van der Waals surface area contributed by atoms with Crippen LogP contribution in [0.25, 0.3) is 11.3 Å². The van der Waals surface area contributed by atoms with Gasteiger partial charge in [0.1, 0.15) is 0 Å². The summed E-state index contributed by atoms with van der Waals surface area (Å²) >= 11 is 0. The Morgan fingerprint density at radius 1 is 1.12 bits per heavy atom. The zero-order chi connectivity index (χ0) is 18.9. The molecular formula is C21H29N3O2. The summed E-state index contributed by atoms with van der Waals surface area (Å²) in [4.78, 5) is 14.1. The molecule has 3 rings (SSSR count). The maximum atomic E-state index is 11.7. The molecule has 1 aliphatic heterocycles. The summed E-state index contributed by atoms with van der Waals surface area (Å²) in [6, 6.07) is 8.52. The van der Waals surface area contributed by atoms with E-state index in [-0.39, 0.29) is 11.2 Å². The first-order chi connectivity index (χ1) is 12.3. The van der Waals surface area contributed by atoms with Crippen LogP contribution in [-0.4, -0.2) is 33.9 Å². The van der Waals surface area contributed by atoms with Crippen LogP contribution in [0, 0.1) is 0 Å². The van der Waals surface area contributed by atoms with Gasteiger partial charge in [-0.25, -0.2) is 4.79 Å². The summed E-state index contributed by atoms with van der Waals surface area (Å²) < 4.78 is 1.87. The number of carboxylic acid groups (broad SMARTS) is 1. The highest BCUT2D eigenvalue weighted by Gasteiger charge is 2.28. The van der Waals surface area contributed by atoms with E-state index in [0.29, 0.717) is 6.42 Å². The van der Waals surface area contributed by atoms with Crippen LogP contribution in [0.5, 0.6) is 0 Å². The summed E-state index contributed by atoms with van der Waals surface area (Å²) in [5.41, 5.74) is 3.86. The summed E-state index contributed by atoms with van der Waals surface area (Å²) in [5.74, 6) is -0.962. The van der Waals surface area contributed by atoms with Gasteiger partial charge in [0.2, 0.25) is 0 Å². The predicted octanol–water partition coefficient (Wildman–Crippen LogP) is 4.56. The molecule has 0 unspecified atom stereocenters. The van der Waals surface area contributed by atoms with E-state index < -0.39 is 5.97 Å². The molecule has 0 atom stereocenters. The molecule has 0 saturated carbocycles. The van der Waals surface area contributed by atoms with Crippen LogP contribution in [-0.2, 0) is 12.0 Å². The number of rotatable bonds is 4. The van der Waals surface area contributed by atoms with Crippen LogP contribution in [0.4, 0.5) is 5.69 Å². The van der Waals surface area contributed by atoms with Crippen molar-refractivity contribution in [2.75, 3.05) is 18.0 Å². The number of aromatic carboxylic acids is 1. The first-order valence-electron chi connectivity index (χ1n) is 9.54. The molecule has 0 bridgehead atoms. The molecule has 1 aromatic carbocycles. The minimum atomic E-state index is -0.962. The third kappa shape index (κ3) is 3.48. The molecule has 1 saturated heterocycles. The van der Waals surface area contributed by atoms with Crippen LogP contribution >= 0.6 is 0 Å². The lowest BCUT2D eigenvalue weighted by Gasteiger charge is -2.29. The quantitative estimate of drug-likeness (QED) is 0.874. The number of hydrogen-bond donors (Lipinski definition) is 1. The third-order valence-corrected chi connectivity index (χ3v) is 5.04. The standard InChI is InChI=1S/C21H29N3O2/c1-5-17-18(20(25)26)22-24(21(2,3)4)19(17)15-9-11-16(12-10-15)23-13-7-6-8-14-23/h9-12H,5-8,13-14H2,1-4H3,(H,25,26). The molecule has 0 aliphatic carbocycles. The van der Waals surface area contributed by atoms with E-state index in [0.717, 1.165) is 29.9 Å². The molecule has 0 radical (unpaired) electrons. The van der Waals surface area contributed by atoms with Crippen molar-refractivity contribution < 1.29 is 9.90 Å². The topological polar surface area (TPSA) is 58.4 Å². The van der Waals surface area contributed by atoms with Gasteiger partial charge in [0, 0.05) is 29.9 Å². The Morgan fingerprint density at radius 3 is 2.23 bits per heavy atom. The fourth-order valence-corrected chi connectivity index (χ4v) is 3.72. The summed E-state index contributed by atoms with van der Waals surface area (Å²) in [6.45, 7) is 10.4. The van der Waals surface area contributed by atoms with Crippen molar-refractivity contribution in [2.24, 2.45) is 0 Å². The molecule has 140 valence electrons. The molecular weight excluding hydrogens is 326 g/mol. The van der Waals surface area contributed by atoms with Gasteiger partial charge in [0.25, 0.3) is 0 Å². The lowest BCUT2D eigenvalue weighted by Crippen LogP contribution is -2.29. The maximum absolute atomic E-state index is 11.7. The van der Waals surface area contributed by atoms with E-state index in [1.54, 1.807) is 0 Å². The third-order valence-electron chi connectivity index (χ3n) is 5.04. The fraction of sp³-hybridized carbons (Fsp3) is 0.524. The van der Waals surface area contributed by atoms with Gasteiger partial charge in [-0.05, 0) is 58.6 Å². The van der Waals surface area contributed by atoms with E-state index in [1.807, 2.05) is 11.6 Å². The van der Waals surface area contributed by atoms with Gasteiger partial charge in [-0.2, -0.15) is 5.10 Å². The Bertz CT molecular complexity index is 779. The highest BCUT2D eigenvalue weighted by Crippen LogP contribution is 2.33. The van der Waals surface area contributed by atoms with Gasteiger partial charge in [0.05, 0.1) is 11.2 Å². The normalized spacial score (nSPS) is 15.3. The smallest absolute Gasteiger partial charge is 0.356 e. The molecule has 1 fully saturated rings. The van der Waals surface area contributed by atoms with Crippen LogP contribution in [0.3, 0.4) is 0 Å². The molecule has 2 heterocycles. The van der Waals surface area contributed by atoms with Crippen molar-refractivity contribution in [3.05, 3.63) is 35.5 Å². The number of piperidine rings is 1. The van der Waals surface area contributed by atoms with Crippen molar-refractivity contribution in [1.82, 2.24) is 9.78 Å². The molecule has 1 aliphatic rings. The fourth-order valence-electron chi connectivity index (χ4n) is 3.72. The second kappa shape index (κ2) is 7.14. The number of hydrogen-bond acceptors (Lipinski definition) is 3. The van der Waals surface area contributed by atoms with Crippen molar-refractivity contribution >= 4 is 11.7 Å². The van der Waals surface area contributed by atoms with Gasteiger partial charge in [-0.1, -0.05) is 19.1 Å². The maximum Gasteiger partial charge on any atom is 0.356 e. The molecule has 2 aromatic rings. The van der Waals surface area contributed by atoms with Gasteiger partial charge in [-0.15, -0.1) is 0 Å². The highest BCUT2D eigenvalue weighted by molar-refractivity contribution is 5.90. The molecule has 5 heteroatoms. The molecule has 1 N–H and O–H groups in total. The average Bonchev–Trinajstić information content (AvgIpc) is 3.03. The first-order valence-corrected chi connectivity index (χ1v) is 9.54. The molecule has 0 spiro atoms. The van der Waals surface area contributed by atoms with E-state index in [9.17, 15) is 9.90 Å². The van der Waals surface area contributed by atoms with Crippen molar-refractivity contribution in [2.45, 2.75) is 58.9 Å². The van der Waals surface area contributed by atoms with E-state index in [1.165, 1.54) is 24.9 Å². The molecule has 0 amide bonds. The van der Waals surface area contributed by atoms with E-state index in [2.05, 4.69) is 55.0 Å². The molecule has 1 aromatic heterocycles. The largest absolute Gasteiger partial charge is 0.476 e. The Morgan fingerprint density at radius 2 is 1.73 bits per heavy atom. The highest BCUT2D eigenvalue weighted by atomic mass is 16.4. The van der Waals surface area contributed by atoms with Crippen LogP contribution in [0.1, 0.15) is 63.0 Å². The predicted molar refractivity (Wildman–Crippen MR) is 105 cm³/mol. The summed E-state index contributed by atoms with van der Waals surface area (Å²) in [5, 5.41) is 14.0. The van der Waals surface area contributed by atoms with Crippen molar-refractivity contribution in [3.8, 4) is 11.3 Å². The lowest BCUT2D eigenvalue weighted by atomic mass is 10.0. The Kier molecular flexibility index (Phi) is 5.08. The SMILES string of the molecule is CCc1c(C(=O)O)nn(C(C)(C)C)c1-c1ccc(N2CCCCC2)cc1. The number of benzene rings is 1. The number of aromatic nitrogens is 2. The monoisotopic (exact) mass is 355 g/mol. The summed E-state index contributed by atoms with van der Waals surface area (Å²) in [7, 11) is 0. The Balaban J connectivity index is 2.06. The lowest BCUT2D eigenvalue weighted by molar-refractivity contribution is 0.0687. The summed E-state index contributed by atoms with van der Waals surface area (Å²) in [6.07, 6.45) is 4.46. The van der Waals surface area contributed by atoms with Gasteiger partial charge < -0.3 is 10.0 Å². The zero-order valence-corrected chi connectivity index (χ0v) is 16.2. The van der Waals surface area contributed by atoms with Crippen LogP contribution in [0.2, 0.25) is 0 Å². The average molecular weight is 355 g/mol. The minimum Gasteiger partial charge on any atom is -0.476 e. The van der Waals surface area contributed by atoms with Crippen molar-refractivity contribution in [3.63, 3.8) is 0 Å². The second-order valence-electron chi connectivity index (χ2n) is 8.01. The Hall–Kier alpha value is -2.30. The number of nitrogens with zero attached hydrogens (tertiary/aromatic N) is 3. The van der Waals surface area contributed by atoms with Crippen LogP contribution in [0.15, 0.2) is 24.3 Å². The van der Waals surface area contributed by atoms with E-state index >= 15 is 0 Å². The molecule has 5 nitrogen and oxygen atoms in total. The van der Waals surface area contributed by atoms with Gasteiger partial charge in [0.15, 0.2) is 5.69 Å². The zero-order valence-electron chi connectivity index (χ0n) is 16.2. The minimum absolute atomic E-state index is 0.164. The van der Waals surface area contributed by atoms with Gasteiger partial charge in [-0.3, -0.25) is 4.68 Å².